The van der Waals surface area contributed by atoms with Crippen molar-refractivity contribution in [1.82, 2.24) is 20.0 Å². The summed E-state index contributed by atoms with van der Waals surface area (Å²) in [7, 11) is 0. The second-order valence-corrected chi connectivity index (χ2v) is 8.17. The lowest BCUT2D eigenvalue weighted by Crippen LogP contribution is -2.48. The zero-order valence-electron chi connectivity index (χ0n) is 16.5. The number of amides is 1. The van der Waals surface area contributed by atoms with Gasteiger partial charge in [-0.1, -0.05) is 24.6 Å². The molecule has 28 heavy (non-hydrogen) atoms. The molecule has 2 saturated heterocycles. The molecule has 0 radical (unpaired) electrons. The molecule has 1 aromatic heterocycles. The molecule has 2 aliphatic heterocycles. The first-order valence-electron chi connectivity index (χ1n) is 10.2. The molecule has 3 atom stereocenters. The van der Waals surface area contributed by atoms with Crippen LogP contribution in [0.5, 0.6) is 0 Å². The van der Waals surface area contributed by atoms with Crippen molar-refractivity contribution in [2.45, 2.75) is 64.1 Å². The van der Waals surface area contributed by atoms with E-state index >= 15 is 0 Å². The Hall–Kier alpha value is -1.92. The van der Waals surface area contributed by atoms with Gasteiger partial charge in [-0.2, -0.15) is 0 Å². The van der Waals surface area contributed by atoms with Gasteiger partial charge in [0.05, 0.1) is 6.04 Å². The molecule has 0 bridgehead atoms. The highest BCUT2D eigenvalue weighted by Gasteiger charge is 2.41. The van der Waals surface area contributed by atoms with Gasteiger partial charge in [0.1, 0.15) is 0 Å². The van der Waals surface area contributed by atoms with Gasteiger partial charge in [0.25, 0.3) is 0 Å². The van der Waals surface area contributed by atoms with E-state index in [9.17, 15) is 4.79 Å². The zero-order valence-corrected chi connectivity index (χ0v) is 17.2. The molecule has 2 aromatic rings. The van der Waals surface area contributed by atoms with E-state index in [1.807, 2.05) is 31.2 Å². The molecular formula is C21H27ClN4O2. The molecular weight excluding hydrogens is 376 g/mol. The molecule has 2 fully saturated rings. The lowest BCUT2D eigenvalue weighted by Gasteiger charge is -2.37. The zero-order chi connectivity index (χ0) is 19.7. The normalized spacial score (nSPS) is 24.0. The number of carbonyl (C=O) groups excluding carboxylic acids is 1. The topological polar surface area (TPSA) is 62.5 Å². The van der Waals surface area contributed by atoms with Gasteiger partial charge in [-0.05, 0) is 57.4 Å². The summed E-state index contributed by atoms with van der Waals surface area (Å²) >= 11 is 6.08. The number of hydrogen-bond donors (Lipinski definition) is 0. The Morgan fingerprint density at radius 1 is 1.25 bits per heavy atom. The first kappa shape index (κ1) is 19.4. The summed E-state index contributed by atoms with van der Waals surface area (Å²) in [6.07, 6.45) is 4.99. The second kappa shape index (κ2) is 8.21. The lowest BCUT2D eigenvalue weighted by atomic mass is 10.0. The average molecular weight is 403 g/mol. The van der Waals surface area contributed by atoms with Crippen molar-refractivity contribution >= 4 is 17.5 Å². The third kappa shape index (κ3) is 3.67. The van der Waals surface area contributed by atoms with Crippen LogP contribution in [-0.2, 0) is 4.79 Å². The minimum absolute atomic E-state index is 0.0205. The number of nitrogens with zero attached hydrogens (tertiary/aromatic N) is 4. The van der Waals surface area contributed by atoms with Crippen LogP contribution in [0, 0.1) is 0 Å². The average Bonchev–Trinajstić information content (AvgIpc) is 3.46. The Bertz CT molecular complexity index is 839. The molecule has 0 aliphatic carbocycles. The summed E-state index contributed by atoms with van der Waals surface area (Å²) in [5, 5.41) is 9.19. The molecule has 1 amide bonds. The van der Waals surface area contributed by atoms with Crippen molar-refractivity contribution in [2.75, 3.05) is 13.1 Å². The van der Waals surface area contributed by atoms with Gasteiger partial charge in [-0.25, -0.2) is 0 Å². The van der Waals surface area contributed by atoms with Crippen molar-refractivity contribution in [1.29, 1.82) is 0 Å². The van der Waals surface area contributed by atoms with Crippen LogP contribution in [0.3, 0.4) is 0 Å². The van der Waals surface area contributed by atoms with Crippen LogP contribution in [0.4, 0.5) is 0 Å². The van der Waals surface area contributed by atoms with Crippen molar-refractivity contribution < 1.29 is 9.21 Å². The summed E-state index contributed by atoms with van der Waals surface area (Å²) in [6.45, 7) is 5.94. The smallest absolute Gasteiger partial charge is 0.247 e. The molecule has 1 aromatic carbocycles. The Balaban J connectivity index is 1.53. The van der Waals surface area contributed by atoms with Gasteiger partial charge in [-0.3, -0.25) is 9.69 Å². The van der Waals surface area contributed by atoms with Crippen LogP contribution in [0.15, 0.2) is 28.7 Å². The molecule has 0 N–H and O–H groups in total. The SMILES string of the molecule is CCC(=O)N1CCC[C@@H]1[C@@H]1CCCN1[C@H](C)c1nnc(-c2cccc(Cl)c2)o1. The second-order valence-electron chi connectivity index (χ2n) is 7.73. The van der Waals surface area contributed by atoms with Gasteiger partial charge >= 0.3 is 0 Å². The third-order valence-corrected chi connectivity index (χ3v) is 6.31. The Kier molecular flexibility index (Phi) is 5.69. The maximum Gasteiger partial charge on any atom is 0.247 e. The van der Waals surface area contributed by atoms with E-state index in [1.54, 1.807) is 0 Å². The third-order valence-electron chi connectivity index (χ3n) is 6.08. The molecule has 2 aliphatic rings. The fraction of sp³-hybridized carbons (Fsp3) is 0.571. The van der Waals surface area contributed by atoms with Crippen LogP contribution >= 0.6 is 11.6 Å². The monoisotopic (exact) mass is 402 g/mol. The van der Waals surface area contributed by atoms with Gasteiger partial charge in [0, 0.05) is 35.6 Å². The highest BCUT2D eigenvalue weighted by atomic mass is 35.5. The largest absolute Gasteiger partial charge is 0.419 e. The highest BCUT2D eigenvalue weighted by Crippen LogP contribution is 2.36. The summed E-state index contributed by atoms with van der Waals surface area (Å²) in [5.74, 6) is 1.38. The summed E-state index contributed by atoms with van der Waals surface area (Å²) in [5.41, 5.74) is 0.826. The number of halogens is 1. The van der Waals surface area contributed by atoms with E-state index in [2.05, 4.69) is 26.9 Å². The van der Waals surface area contributed by atoms with Crippen molar-refractivity contribution in [2.24, 2.45) is 0 Å². The minimum atomic E-state index is 0.0205. The molecule has 0 saturated carbocycles. The minimum Gasteiger partial charge on any atom is -0.419 e. The van der Waals surface area contributed by atoms with Crippen LogP contribution in [0.1, 0.15) is 57.9 Å². The van der Waals surface area contributed by atoms with Gasteiger partial charge in [0.15, 0.2) is 0 Å². The van der Waals surface area contributed by atoms with Crippen LogP contribution in [0.25, 0.3) is 11.5 Å². The summed E-state index contributed by atoms with van der Waals surface area (Å²) in [4.78, 5) is 16.9. The summed E-state index contributed by atoms with van der Waals surface area (Å²) < 4.78 is 6.00. The first-order valence-corrected chi connectivity index (χ1v) is 10.6. The van der Waals surface area contributed by atoms with E-state index in [-0.39, 0.29) is 11.9 Å². The van der Waals surface area contributed by atoms with E-state index < -0.39 is 0 Å². The molecule has 0 unspecified atom stereocenters. The number of likely N-dealkylation sites (tertiary alicyclic amines) is 2. The Morgan fingerprint density at radius 2 is 2.04 bits per heavy atom. The maximum absolute atomic E-state index is 12.4. The van der Waals surface area contributed by atoms with Crippen molar-refractivity contribution in [3.63, 3.8) is 0 Å². The molecule has 6 nitrogen and oxygen atoms in total. The molecule has 4 rings (SSSR count). The van der Waals surface area contributed by atoms with Crippen LogP contribution < -0.4 is 0 Å². The van der Waals surface area contributed by atoms with E-state index in [1.165, 1.54) is 0 Å². The number of aromatic nitrogens is 2. The highest BCUT2D eigenvalue weighted by molar-refractivity contribution is 6.30. The predicted octanol–water partition coefficient (Wildman–Crippen LogP) is 4.32. The van der Waals surface area contributed by atoms with E-state index in [4.69, 9.17) is 16.0 Å². The first-order chi connectivity index (χ1) is 13.6. The standard InChI is InChI=1S/C21H27ClN4O2/c1-3-19(27)26-12-6-10-18(26)17-9-5-11-25(17)14(2)20-23-24-21(28-20)15-7-4-8-16(22)13-15/h4,7-8,13-14,17-18H,3,5-6,9-12H2,1-2H3/t14-,17+,18-/m1/s1. The number of rotatable bonds is 5. The molecule has 7 heteroatoms. The number of carbonyl (C=O) groups is 1. The molecule has 3 heterocycles. The van der Waals surface area contributed by atoms with Gasteiger partial charge in [-0.15, -0.1) is 10.2 Å². The van der Waals surface area contributed by atoms with Gasteiger partial charge in [0.2, 0.25) is 17.7 Å². The van der Waals surface area contributed by atoms with Crippen LogP contribution in [0.2, 0.25) is 5.02 Å². The van der Waals surface area contributed by atoms with E-state index in [0.29, 0.717) is 35.3 Å². The predicted molar refractivity (Wildman–Crippen MR) is 108 cm³/mol. The van der Waals surface area contributed by atoms with Gasteiger partial charge < -0.3 is 9.32 Å². The van der Waals surface area contributed by atoms with Crippen LogP contribution in [-0.4, -0.2) is 51.1 Å². The quantitative estimate of drug-likeness (QED) is 0.745. The maximum atomic E-state index is 12.4. The fourth-order valence-electron chi connectivity index (χ4n) is 4.70. The van der Waals surface area contributed by atoms with Crippen molar-refractivity contribution in [3.8, 4) is 11.5 Å². The lowest BCUT2D eigenvalue weighted by molar-refractivity contribution is -0.132. The van der Waals surface area contributed by atoms with E-state index in [0.717, 1.165) is 44.3 Å². The Labute approximate surface area is 170 Å². The molecule has 0 spiro atoms. The molecule has 150 valence electrons. The number of hydrogen-bond acceptors (Lipinski definition) is 5. The number of benzene rings is 1. The van der Waals surface area contributed by atoms with Crippen molar-refractivity contribution in [3.05, 3.63) is 35.2 Å². The Morgan fingerprint density at radius 3 is 2.82 bits per heavy atom. The fourth-order valence-corrected chi connectivity index (χ4v) is 4.89. The summed E-state index contributed by atoms with van der Waals surface area (Å²) in [6, 6.07) is 8.12.